The minimum absolute atomic E-state index is 0.0580. The van der Waals surface area contributed by atoms with E-state index in [2.05, 4.69) is 24.5 Å². The van der Waals surface area contributed by atoms with Crippen LogP contribution in [0.1, 0.15) is 11.9 Å². The van der Waals surface area contributed by atoms with Gasteiger partial charge in [0.2, 0.25) is 0 Å². The van der Waals surface area contributed by atoms with Gasteiger partial charge in [0.05, 0.1) is 13.2 Å². The number of hydrogen-bond acceptors (Lipinski definition) is 9. The summed E-state index contributed by atoms with van der Waals surface area (Å²) in [4.78, 5) is 32.7. The highest BCUT2D eigenvalue weighted by atomic mass is 31.2. The van der Waals surface area contributed by atoms with Crippen LogP contribution >= 0.6 is 7.82 Å². The molecule has 2 aliphatic heterocycles. The summed E-state index contributed by atoms with van der Waals surface area (Å²) in [5.74, 6) is 0.530. The van der Waals surface area contributed by atoms with Crippen molar-refractivity contribution in [3.05, 3.63) is 12.2 Å². The Morgan fingerprint density at radius 2 is 2.29 bits per heavy atom. The van der Waals surface area contributed by atoms with Crippen LogP contribution in [-0.4, -0.2) is 65.9 Å². The summed E-state index contributed by atoms with van der Waals surface area (Å²) < 4.78 is 26.7. The lowest BCUT2D eigenvalue weighted by molar-refractivity contribution is -0.163. The van der Waals surface area contributed by atoms with E-state index in [0.717, 1.165) is 0 Å². The molecule has 2 aliphatic rings. The molecule has 0 aromatic carbocycles. The third-order valence-electron chi connectivity index (χ3n) is 4.11. The molecule has 4 atom stereocenters. The summed E-state index contributed by atoms with van der Waals surface area (Å²) in [6.45, 7) is -0.578. The number of nitrogens with two attached hydrogens (primary N) is 1. The number of phosphoric ester groups is 1. The Morgan fingerprint density at radius 3 is 3.00 bits per heavy atom. The molecule has 4 heterocycles. The van der Waals surface area contributed by atoms with Gasteiger partial charge in [-0.2, -0.15) is 0 Å². The van der Waals surface area contributed by atoms with E-state index in [1.807, 2.05) is 0 Å². The SMILES string of the molecule is Nc1ncnc2nc([C@@H]3O[C@@]4(COP(=O)(O)O)CO[C@@H]3[C@@H]4O)[nH]c12. The second kappa shape index (κ2) is 5.17. The Morgan fingerprint density at radius 1 is 1.50 bits per heavy atom. The van der Waals surface area contributed by atoms with Gasteiger partial charge in [0.15, 0.2) is 11.5 Å². The third-order valence-corrected chi connectivity index (χ3v) is 4.58. The summed E-state index contributed by atoms with van der Waals surface area (Å²) >= 11 is 0. The predicted molar refractivity (Wildman–Crippen MR) is 76.4 cm³/mol. The quantitative estimate of drug-likeness (QED) is 0.405. The number of hydrogen-bond donors (Lipinski definition) is 5. The van der Waals surface area contributed by atoms with Crippen LogP contribution in [0.25, 0.3) is 11.2 Å². The topological polar surface area (TPSA) is 186 Å². The van der Waals surface area contributed by atoms with Crippen molar-refractivity contribution in [2.24, 2.45) is 0 Å². The number of fused-ring (bicyclic) bond motifs is 3. The Hall–Kier alpha value is -1.66. The lowest BCUT2D eigenvalue weighted by Crippen LogP contribution is -2.44. The van der Waals surface area contributed by atoms with Crippen molar-refractivity contribution in [2.45, 2.75) is 23.9 Å². The minimum Gasteiger partial charge on any atom is -0.387 e. The average molecular weight is 359 g/mol. The molecule has 12 nitrogen and oxygen atoms in total. The van der Waals surface area contributed by atoms with E-state index < -0.39 is 38.3 Å². The van der Waals surface area contributed by atoms with Crippen LogP contribution in [0.3, 0.4) is 0 Å². The molecule has 2 saturated heterocycles. The summed E-state index contributed by atoms with van der Waals surface area (Å²) in [7, 11) is -4.71. The smallest absolute Gasteiger partial charge is 0.387 e. The second-order valence-electron chi connectivity index (χ2n) is 5.67. The third kappa shape index (κ3) is 2.40. The van der Waals surface area contributed by atoms with E-state index in [-0.39, 0.29) is 12.4 Å². The fraction of sp³-hybridized carbons (Fsp3) is 0.545. The van der Waals surface area contributed by atoms with Crippen LogP contribution < -0.4 is 5.73 Å². The molecule has 4 rings (SSSR count). The van der Waals surface area contributed by atoms with Gasteiger partial charge >= 0.3 is 7.82 Å². The number of H-pyrrole nitrogens is 1. The zero-order valence-electron chi connectivity index (χ0n) is 12.1. The fourth-order valence-corrected chi connectivity index (χ4v) is 3.34. The van der Waals surface area contributed by atoms with Crippen molar-refractivity contribution in [3.63, 3.8) is 0 Å². The number of aliphatic hydroxyl groups excluding tert-OH is 1. The van der Waals surface area contributed by atoms with Gasteiger partial charge in [-0.25, -0.2) is 19.5 Å². The van der Waals surface area contributed by atoms with E-state index in [0.29, 0.717) is 17.0 Å². The van der Waals surface area contributed by atoms with Crippen molar-refractivity contribution in [2.75, 3.05) is 18.9 Å². The number of aliphatic hydroxyl groups is 1. The lowest BCUT2D eigenvalue weighted by Gasteiger charge is -2.29. The van der Waals surface area contributed by atoms with E-state index in [1.165, 1.54) is 6.33 Å². The largest absolute Gasteiger partial charge is 0.469 e. The number of aromatic nitrogens is 4. The molecule has 130 valence electrons. The van der Waals surface area contributed by atoms with E-state index >= 15 is 0 Å². The Balaban J connectivity index is 1.63. The lowest BCUT2D eigenvalue weighted by atomic mass is 10.00. The second-order valence-corrected chi connectivity index (χ2v) is 6.91. The summed E-state index contributed by atoms with van der Waals surface area (Å²) in [6.07, 6.45) is -1.42. The van der Waals surface area contributed by atoms with Gasteiger partial charge in [-0.15, -0.1) is 0 Å². The minimum atomic E-state index is -4.71. The maximum absolute atomic E-state index is 10.9. The molecule has 2 fully saturated rings. The van der Waals surface area contributed by atoms with Gasteiger partial charge in [0, 0.05) is 0 Å². The van der Waals surface area contributed by atoms with Crippen LogP contribution in [0.5, 0.6) is 0 Å². The number of nitrogens with one attached hydrogen (secondary N) is 1. The van der Waals surface area contributed by atoms with Gasteiger partial charge < -0.3 is 35.1 Å². The van der Waals surface area contributed by atoms with E-state index in [4.69, 9.17) is 25.0 Å². The zero-order valence-corrected chi connectivity index (χ0v) is 13.0. The molecule has 2 aromatic heterocycles. The first-order valence-electron chi connectivity index (χ1n) is 6.93. The molecule has 0 unspecified atom stereocenters. The molecule has 2 aromatic rings. The maximum Gasteiger partial charge on any atom is 0.469 e. The van der Waals surface area contributed by atoms with Gasteiger partial charge in [-0.1, -0.05) is 0 Å². The highest BCUT2D eigenvalue weighted by Crippen LogP contribution is 2.49. The molecule has 0 amide bonds. The van der Waals surface area contributed by atoms with Crippen LogP contribution in [0.2, 0.25) is 0 Å². The molecular weight excluding hydrogens is 345 g/mol. The highest BCUT2D eigenvalue weighted by Gasteiger charge is 2.62. The average Bonchev–Trinajstić information content (AvgIpc) is 3.16. The highest BCUT2D eigenvalue weighted by molar-refractivity contribution is 7.46. The fourth-order valence-electron chi connectivity index (χ4n) is 2.95. The number of ether oxygens (including phenoxy) is 2. The molecule has 0 spiro atoms. The molecule has 0 aliphatic carbocycles. The van der Waals surface area contributed by atoms with E-state index in [9.17, 15) is 9.67 Å². The monoisotopic (exact) mass is 359 g/mol. The van der Waals surface area contributed by atoms with Crippen LogP contribution in [0.4, 0.5) is 5.82 Å². The molecule has 2 bridgehead atoms. The molecule has 0 saturated carbocycles. The number of nitrogens with zero attached hydrogens (tertiary/aromatic N) is 3. The first-order valence-corrected chi connectivity index (χ1v) is 8.46. The van der Waals surface area contributed by atoms with E-state index in [1.54, 1.807) is 0 Å². The number of anilines is 1. The predicted octanol–water partition coefficient (Wildman–Crippen LogP) is -1.39. The summed E-state index contributed by atoms with van der Waals surface area (Å²) in [6, 6.07) is 0. The van der Waals surface area contributed by atoms with Gasteiger partial charge in [0.25, 0.3) is 0 Å². The molecule has 0 radical (unpaired) electrons. The Bertz CT molecular complexity index is 839. The van der Waals surface area contributed by atoms with Crippen molar-refractivity contribution >= 4 is 24.8 Å². The molecule has 24 heavy (non-hydrogen) atoms. The normalized spacial score (nSPS) is 32.7. The van der Waals surface area contributed by atoms with Gasteiger partial charge in [-0.05, 0) is 0 Å². The summed E-state index contributed by atoms with van der Waals surface area (Å²) in [5.41, 5.74) is 5.12. The van der Waals surface area contributed by atoms with Crippen molar-refractivity contribution < 1.29 is 33.5 Å². The summed E-state index contributed by atoms with van der Waals surface area (Å²) in [5, 5.41) is 10.4. The zero-order chi connectivity index (χ0) is 17.1. The molecule has 13 heteroatoms. The number of imidazole rings is 1. The van der Waals surface area contributed by atoms with Crippen LogP contribution in [0, 0.1) is 0 Å². The first-order chi connectivity index (χ1) is 11.3. The maximum atomic E-state index is 10.9. The Labute approximate surface area is 134 Å². The van der Waals surface area contributed by atoms with Crippen LogP contribution in [0.15, 0.2) is 6.33 Å². The van der Waals surface area contributed by atoms with Gasteiger partial charge in [-0.3, -0.25) is 4.52 Å². The standard InChI is InChI=1S/C11H14N5O7P/c12-8-4-9(14-3-13-8)16-10(15-4)6-5-7(17)11(23-6,1-21-5)2-22-24(18,19)20/h3,5-7,17H,1-2H2,(H2,18,19,20)(H3,12,13,14,15,16)/t5-,6+,7-,11+/m0/s1. The number of aromatic amines is 1. The van der Waals surface area contributed by atoms with Crippen molar-refractivity contribution in [1.29, 1.82) is 0 Å². The van der Waals surface area contributed by atoms with Crippen molar-refractivity contribution in [1.82, 2.24) is 19.9 Å². The molecule has 6 N–H and O–H groups in total. The molecular formula is C11H14N5O7P. The number of rotatable bonds is 4. The first kappa shape index (κ1) is 15.8. The van der Waals surface area contributed by atoms with Gasteiger partial charge in [0.1, 0.15) is 41.6 Å². The van der Waals surface area contributed by atoms with Crippen LogP contribution in [-0.2, 0) is 18.6 Å². The van der Waals surface area contributed by atoms with Crippen molar-refractivity contribution in [3.8, 4) is 0 Å². The number of nitrogen functional groups attached to an aromatic ring is 1. The number of phosphoric acid groups is 1. The Kier molecular flexibility index (Phi) is 3.41.